The molecule has 0 spiro atoms. The van der Waals surface area contributed by atoms with Gasteiger partial charge in [-0.15, -0.1) is 11.3 Å². The van der Waals surface area contributed by atoms with Gasteiger partial charge in [-0.2, -0.15) is 4.31 Å². The molecule has 0 saturated carbocycles. The van der Waals surface area contributed by atoms with Crippen LogP contribution in [0, 0.1) is 12.8 Å². The average molecular weight is 492 g/mol. The number of rotatable bonds is 7. The van der Waals surface area contributed by atoms with Gasteiger partial charge in [-0.3, -0.25) is 14.5 Å². The minimum absolute atomic E-state index is 0.104. The van der Waals surface area contributed by atoms with E-state index in [-0.39, 0.29) is 29.9 Å². The molecule has 0 aliphatic carbocycles. The third-order valence-electron chi connectivity index (χ3n) is 6.20. The van der Waals surface area contributed by atoms with Crippen molar-refractivity contribution < 1.29 is 22.7 Å². The van der Waals surface area contributed by atoms with E-state index in [0.29, 0.717) is 37.0 Å². The quantitative estimate of drug-likeness (QED) is 0.642. The third kappa shape index (κ3) is 5.23. The van der Waals surface area contributed by atoms with Gasteiger partial charge in [-0.05, 0) is 67.3 Å². The van der Waals surface area contributed by atoms with Crippen LogP contribution in [0.5, 0.6) is 5.75 Å². The maximum Gasteiger partial charge on any atom is 0.265 e. The van der Waals surface area contributed by atoms with Gasteiger partial charge >= 0.3 is 0 Å². The molecule has 1 aromatic heterocycles. The molecule has 8 nitrogen and oxygen atoms in total. The van der Waals surface area contributed by atoms with E-state index in [4.69, 9.17) is 4.74 Å². The van der Waals surface area contributed by atoms with E-state index in [1.165, 1.54) is 31.8 Å². The molecule has 1 aromatic carbocycles. The second-order valence-electron chi connectivity index (χ2n) is 8.61. The Bertz CT molecular complexity index is 1140. The predicted octanol–water partition coefficient (Wildman–Crippen LogP) is 2.56. The zero-order chi connectivity index (χ0) is 23.6. The first-order valence-corrected chi connectivity index (χ1v) is 13.4. The number of carbonyl (C=O) groups excluding carboxylic acids is 2. The highest BCUT2D eigenvalue weighted by Gasteiger charge is 2.32. The van der Waals surface area contributed by atoms with Crippen LogP contribution in [-0.4, -0.2) is 57.3 Å². The smallest absolute Gasteiger partial charge is 0.265 e. The van der Waals surface area contributed by atoms with E-state index in [2.05, 4.69) is 12.2 Å². The molecule has 0 unspecified atom stereocenters. The summed E-state index contributed by atoms with van der Waals surface area (Å²) in [6.45, 7) is 5.20. The van der Waals surface area contributed by atoms with Crippen LogP contribution in [0.2, 0.25) is 0 Å². The van der Waals surface area contributed by atoms with E-state index in [1.54, 1.807) is 17.4 Å². The fourth-order valence-electron chi connectivity index (χ4n) is 4.07. The van der Waals surface area contributed by atoms with Crippen molar-refractivity contribution in [3.63, 3.8) is 0 Å². The van der Waals surface area contributed by atoms with Gasteiger partial charge in [-0.1, -0.05) is 6.92 Å². The lowest BCUT2D eigenvalue weighted by Gasteiger charge is -2.31. The summed E-state index contributed by atoms with van der Waals surface area (Å²) in [5.74, 6) is 0.211. The number of hydrogen-bond donors (Lipinski definition) is 1. The summed E-state index contributed by atoms with van der Waals surface area (Å²) in [4.78, 5) is 27.8. The molecular formula is C23H29N3O5S2. The van der Waals surface area contributed by atoms with Gasteiger partial charge in [0.2, 0.25) is 15.9 Å². The first kappa shape index (κ1) is 23.7. The van der Waals surface area contributed by atoms with Crippen molar-refractivity contribution in [2.75, 3.05) is 37.7 Å². The Morgan fingerprint density at radius 2 is 2.00 bits per heavy atom. The largest absolute Gasteiger partial charge is 0.482 e. The molecule has 0 radical (unpaired) electrons. The van der Waals surface area contributed by atoms with Crippen LogP contribution >= 0.6 is 11.3 Å². The second-order valence-corrected chi connectivity index (χ2v) is 11.6. The SMILES string of the molecule is Cc1ccsc1CCNC(=O)CN1C(=O)COc2ccc(S(=O)(=O)N3CCC(C)CC3)cc21. The van der Waals surface area contributed by atoms with Crippen molar-refractivity contribution >= 4 is 38.9 Å². The summed E-state index contributed by atoms with van der Waals surface area (Å²) in [6.07, 6.45) is 2.37. The van der Waals surface area contributed by atoms with Crippen molar-refractivity contribution in [2.24, 2.45) is 5.92 Å². The van der Waals surface area contributed by atoms with Crippen molar-refractivity contribution in [3.05, 3.63) is 40.1 Å². The van der Waals surface area contributed by atoms with Crippen LogP contribution in [0.4, 0.5) is 5.69 Å². The Labute approximate surface area is 198 Å². The summed E-state index contributed by atoms with van der Waals surface area (Å²) in [5.41, 5.74) is 1.50. The van der Waals surface area contributed by atoms with Gasteiger partial charge in [-0.25, -0.2) is 8.42 Å². The molecule has 4 rings (SSSR count). The first-order valence-electron chi connectivity index (χ1n) is 11.1. The number of nitrogens with zero attached hydrogens (tertiary/aromatic N) is 2. The highest BCUT2D eigenvalue weighted by molar-refractivity contribution is 7.89. The fourth-order valence-corrected chi connectivity index (χ4v) is 6.47. The summed E-state index contributed by atoms with van der Waals surface area (Å²) in [7, 11) is -3.69. The van der Waals surface area contributed by atoms with E-state index in [1.807, 2.05) is 18.4 Å². The lowest BCUT2D eigenvalue weighted by atomic mass is 10.0. The van der Waals surface area contributed by atoms with E-state index >= 15 is 0 Å². The molecule has 1 N–H and O–H groups in total. The third-order valence-corrected chi connectivity index (χ3v) is 9.18. The predicted molar refractivity (Wildman–Crippen MR) is 127 cm³/mol. The average Bonchev–Trinajstić information content (AvgIpc) is 3.20. The summed E-state index contributed by atoms with van der Waals surface area (Å²) in [6, 6.07) is 6.55. The van der Waals surface area contributed by atoms with Crippen LogP contribution in [0.1, 0.15) is 30.2 Å². The van der Waals surface area contributed by atoms with Crippen molar-refractivity contribution in [2.45, 2.75) is 38.0 Å². The van der Waals surface area contributed by atoms with E-state index < -0.39 is 10.0 Å². The highest BCUT2D eigenvalue weighted by Crippen LogP contribution is 2.35. The minimum Gasteiger partial charge on any atom is -0.482 e. The fraction of sp³-hybridized carbons (Fsp3) is 0.478. The lowest BCUT2D eigenvalue weighted by Crippen LogP contribution is -2.45. The monoisotopic (exact) mass is 491 g/mol. The Morgan fingerprint density at radius 3 is 2.70 bits per heavy atom. The number of aryl methyl sites for hydroxylation is 1. The number of hydrogen-bond acceptors (Lipinski definition) is 6. The van der Waals surface area contributed by atoms with E-state index in [9.17, 15) is 18.0 Å². The second kappa shape index (κ2) is 9.82. The van der Waals surface area contributed by atoms with Crippen LogP contribution in [-0.2, 0) is 26.0 Å². The molecule has 1 saturated heterocycles. The number of sulfonamides is 1. The maximum absolute atomic E-state index is 13.2. The number of benzene rings is 1. The molecule has 2 amide bonds. The Morgan fingerprint density at radius 1 is 1.24 bits per heavy atom. The van der Waals surface area contributed by atoms with Crippen molar-refractivity contribution in [1.29, 1.82) is 0 Å². The molecule has 2 aromatic rings. The highest BCUT2D eigenvalue weighted by atomic mass is 32.2. The topological polar surface area (TPSA) is 96.0 Å². The molecule has 3 heterocycles. The zero-order valence-electron chi connectivity index (χ0n) is 18.9. The Kier molecular flexibility index (Phi) is 7.06. The number of amides is 2. The molecule has 2 aliphatic heterocycles. The van der Waals surface area contributed by atoms with Crippen LogP contribution in [0.3, 0.4) is 0 Å². The normalized spacial score (nSPS) is 17.5. The van der Waals surface area contributed by atoms with Crippen molar-refractivity contribution in [1.82, 2.24) is 9.62 Å². The molecule has 33 heavy (non-hydrogen) atoms. The van der Waals surface area contributed by atoms with Crippen LogP contribution < -0.4 is 15.0 Å². The summed E-state index contributed by atoms with van der Waals surface area (Å²) >= 11 is 1.65. The van der Waals surface area contributed by atoms with Gasteiger partial charge in [0.1, 0.15) is 12.3 Å². The number of fused-ring (bicyclic) bond motifs is 1. The molecule has 0 bridgehead atoms. The van der Waals surface area contributed by atoms with Gasteiger partial charge in [0.15, 0.2) is 6.61 Å². The van der Waals surface area contributed by atoms with Gasteiger partial charge in [0.25, 0.3) is 5.91 Å². The van der Waals surface area contributed by atoms with Gasteiger partial charge in [0.05, 0.1) is 10.6 Å². The maximum atomic E-state index is 13.2. The first-order chi connectivity index (χ1) is 15.8. The molecule has 2 aliphatic rings. The number of anilines is 1. The lowest BCUT2D eigenvalue weighted by molar-refractivity contribution is -0.125. The molecular weight excluding hydrogens is 462 g/mol. The molecule has 178 valence electrons. The van der Waals surface area contributed by atoms with Gasteiger partial charge < -0.3 is 10.1 Å². The number of nitrogens with one attached hydrogen (secondary N) is 1. The summed E-state index contributed by atoms with van der Waals surface area (Å²) in [5, 5.41) is 4.87. The van der Waals surface area contributed by atoms with Gasteiger partial charge in [0, 0.05) is 24.5 Å². The number of carbonyl (C=O) groups is 2. The molecule has 10 heteroatoms. The summed E-state index contributed by atoms with van der Waals surface area (Å²) < 4.78 is 33.3. The van der Waals surface area contributed by atoms with Crippen LogP contribution in [0.15, 0.2) is 34.5 Å². The Hall–Kier alpha value is -2.43. The molecule has 0 atom stereocenters. The Balaban J connectivity index is 1.47. The number of thiophene rings is 1. The molecule has 1 fully saturated rings. The zero-order valence-corrected chi connectivity index (χ0v) is 20.5. The van der Waals surface area contributed by atoms with Crippen LogP contribution in [0.25, 0.3) is 0 Å². The number of ether oxygens (including phenoxy) is 1. The van der Waals surface area contributed by atoms with Crippen molar-refractivity contribution in [3.8, 4) is 5.75 Å². The standard InChI is InChI=1S/C23H29N3O5S2/c1-16-6-10-25(11-7-16)33(29,30)18-3-4-20-19(13-18)26(23(28)15-31-20)14-22(27)24-9-5-21-17(2)8-12-32-21/h3-4,8,12-13,16H,5-7,9-11,14-15H2,1-2H3,(H,24,27). The minimum atomic E-state index is -3.69. The van der Waals surface area contributed by atoms with E-state index in [0.717, 1.165) is 19.3 Å². The number of piperidine rings is 1.